The van der Waals surface area contributed by atoms with Crippen molar-refractivity contribution < 1.29 is 24.6 Å². The Morgan fingerprint density at radius 2 is 1.86 bits per heavy atom. The molecule has 2 aromatic carbocycles. The average molecular weight is 433 g/mol. The fraction of sp³-hybridized carbons (Fsp3) is 0.100. The number of carboxylic acid groups (broad SMARTS) is 2. The van der Waals surface area contributed by atoms with E-state index in [-0.39, 0.29) is 37.7 Å². The highest BCUT2D eigenvalue weighted by molar-refractivity contribution is 6.34. The highest BCUT2D eigenvalue weighted by atomic mass is 35.5. The van der Waals surface area contributed by atoms with E-state index >= 15 is 0 Å². The molecule has 0 saturated heterocycles. The van der Waals surface area contributed by atoms with Gasteiger partial charge in [-0.2, -0.15) is 0 Å². The van der Waals surface area contributed by atoms with Crippen molar-refractivity contribution in [2.45, 2.75) is 12.5 Å². The predicted octanol–water partition coefficient (Wildman–Crippen LogP) is 2.36. The summed E-state index contributed by atoms with van der Waals surface area (Å²) in [6.45, 7) is 1.32. The average Bonchev–Trinajstić information content (AvgIpc) is 2.95. The minimum absolute atomic E-state index is 0.0732. The maximum absolute atomic E-state index is 12.5. The number of rotatable bonds is 5. The molecule has 0 bridgehead atoms. The highest BCUT2D eigenvalue weighted by Gasteiger charge is 2.46. The van der Waals surface area contributed by atoms with E-state index in [2.05, 4.69) is 10.3 Å². The summed E-state index contributed by atoms with van der Waals surface area (Å²) in [4.78, 5) is 39.4. The van der Waals surface area contributed by atoms with Crippen LogP contribution in [0.3, 0.4) is 0 Å². The fourth-order valence-corrected chi connectivity index (χ4v) is 3.81. The SMILES string of the molecule is CC(=O)Nc1cccc(C2(C(=O)O)N=c3cc(Cl)cc(Cl)c3=C2/C=C/C(=O)O)c1. The quantitative estimate of drug-likeness (QED) is 0.627. The van der Waals surface area contributed by atoms with Gasteiger partial charge in [0.2, 0.25) is 11.4 Å². The monoisotopic (exact) mass is 432 g/mol. The van der Waals surface area contributed by atoms with Crippen LogP contribution in [0.2, 0.25) is 10.0 Å². The first kappa shape index (κ1) is 20.6. The summed E-state index contributed by atoms with van der Waals surface area (Å²) in [7, 11) is 0. The van der Waals surface area contributed by atoms with Gasteiger partial charge >= 0.3 is 11.9 Å². The molecule has 0 spiro atoms. The van der Waals surface area contributed by atoms with Crippen LogP contribution in [0.1, 0.15) is 12.5 Å². The Kier molecular flexibility index (Phi) is 5.46. The highest BCUT2D eigenvalue weighted by Crippen LogP contribution is 2.38. The molecule has 0 fully saturated rings. The molecule has 29 heavy (non-hydrogen) atoms. The molecule has 1 aliphatic heterocycles. The van der Waals surface area contributed by atoms with E-state index in [1.807, 2.05) is 0 Å². The number of halogens is 2. The van der Waals surface area contributed by atoms with E-state index in [1.165, 1.54) is 31.2 Å². The summed E-state index contributed by atoms with van der Waals surface area (Å²) in [6, 6.07) is 9.04. The van der Waals surface area contributed by atoms with Crippen molar-refractivity contribution in [1.82, 2.24) is 0 Å². The van der Waals surface area contributed by atoms with Gasteiger partial charge in [-0.1, -0.05) is 35.3 Å². The summed E-state index contributed by atoms with van der Waals surface area (Å²) in [5.41, 5.74) is -1.32. The number of fused-ring (bicyclic) bond motifs is 1. The molecule has 148 valence electrons. The first-order chi connectivity index (χ1) is 13.6. The van der Waals surface area contributed by atoms with Crippen molar-refractivity contribution in [1.29, 1.82) is 0 Å². The van der Waals surface area contributed by atoms with Crippen LogP contribution in [0, 0.1) is 0 Å². The number of amides is 1. The standard InChI is InChI=1S/C20H14Cl2N2O5/c1-10(25)23-13-4-2-3-11(7-13)20(19(28)29)14(5-6-17(26)27)18-15(22)8-12(21)9-16(18)24-20/h2-9H,1H3,(H,23,25)(H,26,27)(H,28,29)/b6-5+. The predicted molar refractivity (Wildman–Crippen MR) is 107 cm³/mol. The number of nitrogens with one attached hydrogen (secondary N) is 1. The summed E-state index contributed by atoms with van der Waals surface area (Å²) >= 11 is 12.4. The second-order valence-corrected chi connectivity index (χ2v) is 7.10. The number of nitrogens with zero attached hydrogens (tertiary/aromatic N) is 1. The van der Waals surface area contributed by atoms with Gasteiger partial charge in [0, 0.05) is 34.5 Å². The summed E-state index contributed by atoms with van der Waals surface area (Å²) < 4.78 is 0. The Morgan fingerprint density at radius 3 is 2.48 bits per heavy atom. The number of hydrogen-bond acceptors (Lipinski definition) is 4. The number of hydrogen-bond donors (Lipinski definition) is 3. The van der Waals surface area contributed by atoms with Crippen LogP contribution >= 0.6 is 23.2 Å². The molecule has 0 aromatic heterocycles. The molecule has 1 unspecified atom stereocenters. The number of benzene rings is 2. The zero-order valence-electron chi connectivity index (χ0n) is 14.9. The zero-order valence-corrected chi connectivity index (χ0v) is 16.5. The van der Waals surface area contributed by atoms with Crippen molar-refractivity contribution in [2.75, 3.05) is 5.32 Å². The third-order valence-corrected chi connectivity index (χ3v) is 4.80. The van der Waals surface area contributed by atoms with E-state index in [1.54, 1.807) is 12.1 Å². The van der Waals surface area contributed by atoms with Gasteiger partial charge in [0.15, 0.2) is 0 Å². The Labute approximate surface area is 174 Å². The first-order valence-corrected chi connectivity index (χ1v) is 9.03. The van der Waals surface area contributed by atoms with E-state index in [9.17, 15) is 19.5 Å². The molecule has 3 rings (SSSR count). The minimum atomic E-state index is -1.98. The van der Waals surface area contributed by atoms with Crippen LogP contribution in [-0.4, -0.2) is 28.1 Å². The van der Waals surface area contributed by atoms with Crippen molar-refractivity contribution in [2.24, 2.45) is 4.99 Å². The van der Waals surface area contributed by atoms with Crippen LogP contribution in [0.15, 0.2) is 53.5 Å². The second-order valence-electron chi connectivity index (χ2n) is 6.26. The van der Waals surface area contributed by atoms with Crippen LogP contribution in [0.25, 0.3) is 5.57 Å². The van der Waals surface area contributed by atoms with Crippen molar-refractivity contribution in [3.8, 4) is 0 Å². The Hall–Kier alpha value is -3.16. The number of carbonyl (C=O) groups excluding carboxylic acids is 1. The van der Waals surface area contributed by atoms with E-state index in [4.69, 9.17) is 28.3 Å². The molecule has 0 radical (unpaired) electrons. The lowest BCUT2D eigenvalue weighted by atomic mass is 9.82. The third kappa shape index (κ3) is 3.74. The van der Waals surface area contributed by atoms with Crippen LogP contribution in [-0.2, 0) is 19.9 Å². The van der Waals surface area contributed by atoms with Crippen LogP contribution < -0.4 is 15.9 Å². The van der Waals surface area contributed by atoms with Gasteiger partial charge in [-0.05, 0) is 35.9 Å². The maximum atomic E-state index is 12.5. The van der Waals surface area contributed by atoms with Gasteiger partial charge in [-0.3, -0.25) is 9.79 Å². The molecule has 9 heteroatoms. The van der Waals surface area contributed by atoms with Gasteiger partial charge in [-0.25, -0.2) is 9.59 Å². The topological polar surface area (TPSA) is 116 Å². The molecule has 3 N–H and O–H groups in total. The normalized spacial score (nSPS) is 17.7. The van der Waals surface area contributed by atoms with E-state index < -0.39 is 17.5 Å². The van der Waals surface area contributed by atoms with Gasteiger partial charge in [0.05, 0.1) is 10.4 Å². The van der Waals surface area contributed by atoms with Crippen LogP contribution in [0.4, 0.5) is 5.69 Å². The van der Waals surface area contributed by atoms with Crippen molar-refractivity contribution >= 4 is 52.3 Å². The summed E-state index contributed by atoms with van der Waals surface area (Å²) in [5, 5.41) is 22.8. The molecule has 0 aliphatic carbocycles. The van der Waals surface area contributed by atoms with E-state index in [0.717, 1.165) is 12.2 Å². The molecule has 1 aliphatic rings. The maximum Gasteiger partial charge on any atom is 0.341 e. The van der Waals surface area contributed by atoms with E-state index in [0.29, 0.717) is 5.69 Å². The smallest absolute Gasteiger partial charge is 0.341 e. The van der Waals surface area contributed by atoms with Gasteiger partial charge in [0.1, 0.15) is 0 Å². The molecule has 2 aromatic rings. The van der Waals surface area contributed by atoms with Crippen molar-refractivity contribution in [3.05, 3.63) is 74.7 Å². The molecule has 1 amide bonds. The van der Waals surface area contributed by atoms with Crippen LogP contribution in [0.5, 0.6) is 0 Å². The number of carbonyl (C=O) groups is 3. The lowest BCUT2D eigenvalue weighted by Crippen LogP contribution is -2.35. The number of carboxylic acids is 2. The van der Waals surface area contributed by atoms with Gasteiger partial charge < -0.3 is 15.5 Å². The molecule has 1 heterocycles. The Morgan fingerprint density at radius 1 is 1.14 bits per heavy atom. The third-order valence-electron chi connectivity index (χ3n) is 4.28. The van der Waals surface area contributed by atoms with Gasteiger partial charge in [0.25, 0.3) is 0 Å². The molecule has 1 atom stereocenters. The number of anilines is 1. The first-order valence-electron chi connectivity index (χ1n) is 8.27. The summed E-state index contributed by atoms with van der Waals surface area (Å²) in [5.74, 6) is -2.93. The second kappa shape index (κ2) is 7.69. The van der Waals surface area contributed by atoms with Gasteiger partial charge in [-0.15, -0.1) is 0 Å². The fourth-order valence-electron chi connectivity index (χ4n) is 3.23. The zero-order chi connectivity index (χ0) is 21.3. The molecule has 0 saturated carbocycles. The largest absolute Gasteiger partial charge is 0.479 e. The number of aliphatic carboxylic acids is 2. The lowest BCUT2D eigenvalue weighted by Gasteiger charge is -2.25. The summed E-state index contributed by atoms with van der Waals surface area (Å²) in [6.07, 6.45) is 1.98. The molecule has 7 nitrogen and oxygen atoms in total. The Balaban J connectivity index is 2.40. The molecular weight excluding hydrogens is 419 g/mol. The minimum Gasteiger partial charge on any atom is -0.479 e. The van der Waals surface area contributed by atoms with Crippen molar-refractivity contribution in [3.63, 3.8) is 0 Å². The molecular formula is C20H14Cl2N2O5. The Bertz CT molecular complexity index is 1210. The lowest BCUT2D eigenvalue weighted by molar-refractivity contribution is -0.141.